The third kappa shape index (κ3) is 6.83. The summed E-state index contributed by atoms with van der Waals surface area (Å²) < 4.78 is 12.5. The number of benzene rings is 3. The van der Waals surface area contributed by atoms with Crippen molar-refractivity contribution in [2.24, 2.45) is 0 Å². The molecule has 0 amide bonds. The SMILES string of the molecule is CCCCCCCCCCCCC(Cc1ccccc1)(C(=O)O)c1oc2ccc3c(C)cc(=O)oc3c2c1-c1ccccc1. The maximum atomic E-state index is 13.6. The van der Waals surface area contributed by atoms with E-state index in [1.54, 1.807) is 0 Å². The van der Waals surface area contributed by atoms with E-state index in [9.17, 15) is 14.7 Å². The maximum absolute atomic E-state index is 13.6. The van der Waals surface area contributed by atoms with Crippen LogP contribution in [0, 0.1) is 6.92 Å². The summed E-state index contributed by atoms with van der Waals surface area (Å²) >= 11 is 0. The lowest BCUT2D eigenvalue weighted by Crippen LogP contribution is -2.38. The summed E-state index contributed by atoms with van der Waals surface area (Å²) in [4.78, 5) is 26.2. The molecule has 5 rings (SSSR count). The molecule has 5 aromatic rings. The van der Waals surface area contributed by atoms with Gasteiger partial charge >= 0.3 is 11.6 Å². The number of fused-ring (bicyclic) bond motifs is 3. The molecule has 0 aliphatic rings. The lowest BCUT2D eigenvalue weighted by atomic mass is 9.73. The first-order valence-corrected chi connectivity index (χ1v) is 16.3. The Morgan fingerprint density at radius 1 is 0.773 bits per heavy atom. The molecule has 230 valence electrons. The second-order valence-corrected chi connectivity index (χ2v) is 12.2. The predicted octanol–water partition coefficient (Wildman–Crippen LogP) is 10.4. The van der Waals surface area contributed by atoms with E-state index >= 15 is 0 Å². The van der Waals surface area contributed by atoms with Crippen molar-refractivity contribution in [3.8, 4) is 11.1 Å². The number of carboxylic acids is 1. The second kappa shape index (κ2) is 14.6. The zero-order chi connectivity index (χ0) is 30.9. The van der Waals surface area contributed by atoms with E-state index in [0.29, 0.717) is 40.7 Å². The number of unbranched alkanes of at least 4 members (excludes halogenated alkanes) is 9. The van der Waals surface area contributed by atoms with Crippen LogP contribution < -0.4 is 5.63 Å². The van der Waals surface area contributed by atoms with Crippen LogP contribution in [0.15, 0.2) is 92.5 Å². The number of aliphatic carboxylic acids is 1. The average molecular weight is 593 g/mol. The molecule has 2 aromatic heterocycles. The molecule has 5 heteroatoms. The van der Waals surface area contributed by atoms with Crippen LogP contribution in [0.5, 0.6) is 0 Å². The van der Waals surface area contributed by atoms with Gasteiger partial charge in [0.15, 0.2) is 0 Å². The molecular formula is C39H44O5. The minimum absolute atomic E-state index is 0.293. The molecule has 0 radical (unpaired) electrons. The number of rotatable bonds is 16. The van der Waals surface area contributed by atoms with Crippen molar-refractivity contribution in [3.63, 3.8) is 0 Å². The Kier molecular flexibility index (Phi) is 10.4. The summed E-state index contributed by atoms with van der Waals surface area (Å²) in [5.41, 5.74) is 2.45. The van der Waals surface area contributed by atoms with Gasteiger partial charge in [-0.15, -0.1) is 0 Å². The number of hydrogen-bond acceptors (Lipinski definition) is 4. The van der Waals surface area contributed by atoms with Crippen LogP contribution in [-0.4, -0.2) is 11.1 Å². The van der Waals surface area contributed by atoms with Gasteiger partial charge in [-0.05, 0) is 48.6 Å². The van der Waals surface area contributed by atoms with E-state index in [-0.39, 0.29) is 0 Å². The standard InChI is InChI=1S/C39H44O5/c1-3-4-5-6-7-8-9-10-11-18-25-39(38(41)42,27-29-19-14-12-15-20-29)37-34(30-21-16-13-17-22-30)35-32(43-37)24-23-31-28(2)26-33(40)44-36(31)35/h12-17,19-24,26H,3-11,18,25,27H2,1-2H3,(H,41,42). The van der Waals surface area contributed by atoms with Crippen molar-refractivity contribution < 1.29 is 18.7 Å². The molecule has 0 aliphatic carbocycles. The van der Waals surface area contributed by atoms with Gasteiger partial charge in [0.2, 0.25) is 0 Å². The highest BCUT2D eigenvalue weighted by Crippen LogP contribution is 2.47. The summed E-state index contributed by atoms with van der Waals surface area (Å²) in [7, 11) is 0. The molecule has 1 unspecified atom stereocenters. The molecule has 0 saturated carbocycles. The van der Waals surface area contributed by atoms with Gasteiger partial charge in [-0.3, -0.25) is 4.79 Å². The highest BCUT2D eigenvalue weighted by atomic mass is 16.4. The smallest absolute Gasteiger partial charge is 0.336 e. The quantitative estimate of drug-likeness (QED) is 0.0910. The molecule has 0 fully saturated rings. The van der Waals surface area contributed by atoms with Crippen molar-refractivity contribution >= 4 is 27.9 Å². The van der Waals surface area contributed by atoms with Crippen LogP contribution in [0.4, 0.5) is 0 Å². The summed E-state index contributed by atoms with van der Waals surface area (Å²) in [6.07, 6.45) is 12.4. The van der Waals surface area contributed by atoms with Gasteiger partial charge in [-0.2, -0.15) is 0 Å². The fourth-order valence-corrected chi connectivity index (χ4v) is 6.60. The van der Waals surface area contributed by atoms with E-state index < -0.39 is 17.0 Å². The van der Waals surface area contributed by atoms with Crippen molar-refractivity contribution in [1.82, 2.24) is 0 Å². The van der Waals surface area contributed by atoms with E-state index in [4.69, 9.17) is 8.83 Å². The van der Waals surface area contributed by atoms with Crippen LogP contribution in [0.3, 0.4) is 0 Å². The molecule has 44 heavy (non-hydrogen) atoms. The summed E-state index contributed by atoms with van der Waals surface area (Å²) in [6, 6.07) is 24.8. The molecular weight excluding hydrogens is 548 g/mol. The molecule has 1 N–H and O–H groups in total. The van der Waals surface area contributed by atoms with Gasteiger partial charge < -0.3 is 13.9 Å². The van der Waals surface area contributed by atoms with Gasteiger partial charge in [-0.25, -0.2) is 4.79 Å². The first-order valence-electron chi connectivity index (χ1n) is 16.3. The lowest BCUT2D eigenvalue weighted by molar-refractivity contribution is -0.145. The molecule has 3 aromatic carbocycles. The van der Waals surface area contributed by atoms with Gasteiger partial charge in [-0.1, -0.05) is 132 Å². The highest BCUT2D eigenvalue weighted by molar-refractivity contribution is 6.12. The Labute approximate surface area is 259 Å². The number of aryl methyl sites for hydroxylation is 1. The molecule has 0 saturated heterocycles. The summed E-state index contributed by atoms with van der Waals surface area (Å²) in [5.74, 6) is -0.488. The molecule has 2 heterocycles. The Hall–Kier alpha value is -4.12. The van der Waals surface area contributed by atoms with Crippen LogP contribution in [0.2, 0.25) is 0 Å². The third-order valence-corrected chi connectivity index (χ3v) is 8.98. The maximum Gasteiger partial charge on any atom is 0.336 e. The zero-order valence-corrected chi connectivity index (χ0v) is 26.1. The fourth-order valence-electron chi connectivity index (χ4n) is 6.60. The zero-order valence-electron chi connectivity index (χ0n) is 26.1. The molecule has 0 spiro atoms. The van der Waals surface area contributed by atoms with Crippen LogP contribution in [-0.2, 0) is 16.6 Å². The number of hydrogen-bond donors (Lipinski definition) is 1. The first kappa shape index (κ1) is 31.3. The molecule has 1 atom stereocenters. The molecule has 0 aliphatic heterocycles. The van der Waals surface area contributed by atoms with Gasteiger partial charge in [0.1, 0.15) is 22.3 Å². The Morgan fingerprint density at radius 3 is 2.02 bits per heavy atom. The lowest BCUT2D eigenvalue weighted by Gasteiger charge is -2.29. The van der Waals surface area contributed by atoms with Crippen LogP contribution in [0.25, 0.3) is 33.1 Å². The number of furan rings is 1. The van der Waals surface area contributed by atoms with Crippen molar-refractivity contribution in [2.75, 3.05) is 0 Å². The van der Waals surface area contributed by atoms with Gasteiger partial charge in [0.25, 0.3) is 0 Å². The van der Waals surface area contributed by atoms with E-state index in [1.165, 1.54) is 51.0 Å². The second-order valence-electron chi connectivity index (χ2n) is 12.2. The normalized spacial score (nSPS) is 13.0. The van der Waals surface area contributed by atoms with E-state index in [0.717, 1.165) is 41.3 Å². The first-order chi connectivity index (χ1) is 21.4. The van der Waals surface area contributed by atoms with Crippen molar-refractivity contribution in [1.29, 1.82) is 0 Å². The fraction of sp³-hybridized carbons (Fsp3) is 0.385. The Balaban J connectivity index is 1.58. The largest absolute Gasteiger partial charge is 0.480 e. The molecule has 5 nitrogen and oxygen atoms in total. The minimum Gasteiger partial charge on any atom is -0.480 e. The van der Waals surface area contributed by atoms with E-state index in [2.05, 4.69) is 6.92 Å². The minimum atomic E-state index is -1.32. The average Bonchev–Trinajstić information content (AvgIpc) is 3.43. The van der Waals surface area contributed by atoms with Gasteiger partial charge in [0.05, 0.1) is 5.39 Å². The highest BCUT2D eigenvalue weighted by Gasteiger charge is 2.46. The predicted molar refractivity (Wildman–Crippen MR) is 178 cm³/mol. The van der Waals surface area contributed by atoms with Crippen LogP contribution >= 0.6 is 0 Å². The summed E-state index contributed by atoms with van der Waals surface area (Å²) in [6.45, 7) is 4.13. The Morgan fingerprint density at radius 2 is 1.39 bits per heavy atom. The Bertz CT molecular complexity index is 1730. The summed E-state index contributed by atoms with van der Waals surface area (Å²) in [5, 5.41) is 12.6. The monoisotopic (exact) mass is 592 g/mol. The number of carboxylic acid groups (broad SMARTS) is 1. The van der Waals surface area contributed by atoms with E-state index in [1.807, 2.05) is 79.7 Å². The molecule has 0 bridgehead atoms. The third-order valence-electron chi connectivity index (χ3n) is 8.98. The topological polar surface area (TPSA) is 80.6 Å². The van der Waals surface area contributed by atoms with Crippen LogP contribution in [0.1, 0.15) is 94.4 Å². The van der Waals surface area contributed by atoms with Crippen molar-refractivity contribution in [2.45, 2.75) is 96.3 Å². The van der Waals surface area contributed by atoms with Crippen molar-refractivity contribution in [3.05, 3.63) is 106 Å². The number of carbonyl (C=O) groups is 1. The van der Waals surface area contributed by atoms with Gasteiger partial charge in [0, 0.05) is 17.0 Å².